The molecule has 5 nitrogen and oxygen atoms in total. The van der Waals surface area contributed by atoms with Crippen molar-refractivity contribution in [2.24, 2.45) is 0 Å². The zero-order chi connectivity index (χ0) is 11.2. The first kappa shape index (κ1) is 10.6. The van der Waals surface area contributed by atoms with E-state index in [0.29, 0.717) is 12.3 Å². The molecule has 0 aliphatic carbocycles. The van der Waals surface area contributed by atoms with Gasteiger partial charge < -0.3 is 10.4 Å². The van der Waals surface area contributed by atoms with Crippen LogP contribution in [0.1, 0.15) is 5.56 Å². The maximum atomic E-state index is 9.53. The van der Waals surface area contributed by atoms with Crippen LogP contribution in [0.15, 0.2) is 36.7 Å². The topological polar surface area (TPSA) is 63.0 Å². The van der Waals surface area contributed by atoms with E-state index >= 15 is 0 Å². The van der Waals surface area contributed by atoms with Gasteiger partial charge in [-0.05, 0) is 6.07 Å². The van der Waals surface area contributed by atoms with Gasteiger partial charge in [0.1, 0.15) is 5.75 Å². The second kappa shape index (κ2) is 5.27. The highest BCUT2D eigenvalue weighted by Gasteiger charge is 1.98. The van der Waals surface area contributed by atoms with Crippen molar-refractivity contribution >= 4 is 0 Å². The Morgan fingerprint density at radius 1 is 1.31 bits per heavy atom. The monoisotopic (exact) mass is 218 g/mol. The molecule has 1 aromatic carbocycles. The largest absolute Gasteiger partial charge is 0.508 e. The Labute approximate surface area is 93.7 Å². The molecule has 0 saturated carbocycles. The van der Waals surface area contributed by atoms with Crippen molar-refractivity contribution in [3.63, 3.8) is 0 Å². The minimum atomic E-state index is 0.329. The quantitative estimate of drug-likeness (QED) is 0.728. The molecule has 84 valence electrons. The highest BCUT2D eigenvalue weighted by Crippen LogP contribution is 2.14. The lowest BCUT2D eigenvalue weighted by molar-refractivity contribution is 0.462. The van der Waals surface area contributed by atoms with Crippen molar-refractivity contribution in [1.29, 1.82) is 0 Å². The third-order valence-electron chi connectivity index (χ3n) is 2.30. The van der Waals surface area contributed by atoms with E-state index in [9.17, 15) is 5.11 Å². The van der Waals surface area contributed by atoms with Crippen LogP contribution >= 0.6 is 0 Å². The van der Waals surface area contributed by atoms with Gasteiger partial charge in [0.05, 0.1) is 12.7 Å². The molecule has 0 aliphatic rings. The summed E-state index contributed by atoms with van der Waals surface area (Å²) in [5, 5.41) is 20.3. The molecule has 0 atom stereocenters. The predicted molar refractivity (Wildman–Crippen MR) is 59.8 cm³/mol. The second-order valence-electron chi connectivity index (χ2n) is 3.47. The van der Waals surface area contributed by atoms with E-state index in [4.69, 9.17) is 0 Å². The Bertz CT molecular complexity index is 427. The minimum Gasteiger partial charge on any atom is -0.508 e. The summed E-state index contributed by atoms with van der Waals surface area (Å²) in [5.74, 6) is 0.329. The van der Waals surface area contributed by atoms with Crippen LogP contribution < -0.4 is 5.32 Å². The summed E-state index contributed by atoms with van der Waals surface area (Å²) in [6.07, 6.45) is 3.48. The van der Waals surface area contributed by atoms with E-state index in [0.717, 1.165) is 18.7 Å². The Balaban J connectivity index is 1.74. The van der Waals surface area contributed by atoms with Gasteiger partial charge in [-0.3, -0.25) is 4.68 Å². The van der Waals surface area contributed by atoms with E-state index in [2.05, 4.69) is 15.6 Å². The second-order valence-corrected chi connectivity index (χ2v) is 3.47. The first-order chi connectivity index (χ1) is 7.86. The van der Waals surface area contributed by atoms with Crippen LogP contribution in [0.4, 0.5) is 0 Å². The number of nitrogens with zero attached hydrogens (tertiary/aromatic N) is 3. The van der Waals surface area contributed by atoms with Crippen LogP contribution in [0.3, 0.4) is 0 Å². The number of para-hydroxylation sites is 1. The average Bonchev–Trinajstić information content (AvgIpc) is 2.79. The molecule has 2 aromatic rings. The number of benzene rings is 1. The lowest BCUT2D eigenvalue weighted by Crippen LogP contribution is -2.19. The molecule has 0 bridgehead atoms. The summed E-state index contributed by atoms with van der Waals surface area (Å²) in [4.78, 5) is 0. The molecule has 16 heavy (non-hydrogen) atoms. The number of aromatic nitrogens is 3. The molecule has 0 spiro atoms. The first-order valence-electron chi connectivity index (χ1n) is 5.18. The summed E-state index contributed by atoms with van der Waals surface area (Å²) in [6, 6.07) is 7.31. The molecule has 0 unspecified atom stereocenters. The first-order valence-corrected chi connectivity index (χ1v) is 5.18. The summed E-state index contributed by atoms with van der Waals surface area (Å²) >= 11 is 0. The third-order valence-corrected chi connectivity index (χ3v) is 2.30. The normalized spacial score (nSPS) is 10.5. The number of rotatable bonds is 5. The molecule has 1 heterocycles. The summed E-state index contributed by atoms with van der Waals surface area (Å²) in [5.41, 5.74) is 0.904. The molecule has 0 radical (unpaired) electrons. The lowest BCUT2D eigenvalue weighted by Gasteiger charge is -2.06. The van der Waals surface area contributed by atoms with Gasteiger partial charge in [0.15, 0.2) is 0 Å². The van der Waals surface area contributed by atoms with Gasteiger partial charge >= 0.3 is 0 Å². The van der Waals surface area contributed by atoms with Gasteiger partial charge in [0.2, 0.25) is 0 Å². The van der Waals surface area contributed by atoms with E-state index < -0.39 is 0 Å². The smallest absolute Gasteiger partial charge is 0.120 e. The highest BCUT2D eigenvalue weighted by atomic mass is 16.3. The summed E-state index contributed by atoms with van der Waals surface area (Å²) in [6.45, 7) is 2.21. The summed E-state index contributed by atoms with van der Waals surface area (Å²) in [7, 11) is 0. The van der Waals surface area contributed by atoms with E-state index in [1.54, 1.807) is 16.9 Å². The Morgan fingerprint density at radius 2 is 2.19 bits per heavy atom. The van der Waals surface area contributed by atoms with Crippen LogP contribution in [0, 0.1) is 0 Å². The SMILES string of the molecule is Oc1ccccc1CNCCn1ccnn1. The molecule has 2 N–H and O–H groups in total. The molecule has 0 amide bonds. The predicted octanol–water partition coefficient (Wildman–Crippen LogP) is 0.774. The van der Waals surface area contributed by atoms with Crippen LogP contribution in [-0.4, -0.2) is 26.6 Å². The molecular weight excluding hydrogens is 204 g/mol. The Kier molecular flexibility index (Phi) is 3.50. The van der Waals surface area contributed by atoms with Gasteiger partial charge in [0, 0.05) is 24.8 Å². The van der Waals surface area contributed by atoms with Crippen LogP contribution in [-0.2, 0) is 13.1 Å². The number of hydrogen-bond acceptors (Lipinski definition) is 4. The summed E-state index contributed by atoms with van der Waals surface area (Å²) < 4.78 is 1.76. The Morgan fingerprint density at radius 3 is 2.94 bits per heavy atom. The van der Waals surface area contributed by atoms with Gasteiger partial charge in [-0.1, -0.05) is 23.4 Å². The van der Waals surface area contributed by atoms with E-state index in [-0.39, 0.29) is 0 Å². The standard InChI is InChI=1S/C11H14N4O/c16-11-4-2-1-3-10(11)9-12-5-7-15-8-6-13-14-15/h1-4,6,8,12,16H,5,7,9H2. The fourth-order valence-corrected chi connectivity index (χ4v) is 1.43. The highest BCUT2D eigenvalue weighted by molar-refractivity contribution is 5.31. The molecule has 0 aliphatic heterocycles. The number of phenols is 1. The van der Waals surface area contributed by atoms with Crippen molar-refractivity contribution in [1.82, 2.24) is 20.3 Å². The zero-order valence-corrected chi connectivity index (χ0v) is 8.87. The van der Waals surface area contributed by atoms with E-state index in [1.807, 2.05) is 24.4 Å². The number of hydrogen-bond donors (Lipinski definition) is 2. The van der Waals surface area contributed by atoms with Crippen molar-refractivity contribution in [3.8, 4) is 5.75 Å². The van der Waals surface area contributed by atoms with E-state index in [1.165, 1.54) is 0 Å². The van der Waals surface area contributed by atoms with Gasteiger partial charge in [-0.25, -0.2) is 0 Å². The fourth-order valence-electron chi connectivity index (χ4n) is 1.43. The average molecular weight is 218 g/mol. The van der Waals surface area contributed by atoms with Gasteiger partial charge in [-0.2, -0.15) is 0 Å². The molecule has 0 saturated heterocycles. The van der Waals surface area contributed by atoms with Crippen LogP contribution in [0.25, 0.3) is 0 Å². The third kappa shape index (κ3) is 2.80. The van der Waals surface area contributed by atoms with Crippen LogP contribution in [0.5, 0.6) is 5.75 Å². The molecular formula is C11H14N4O. The minimum absolute atomic E-state index is 0.329. The lowest BCUT2D eigenvalue weighted by atomic mass is 10.2. The van der Waals surface area contributed by atoms with Gasteiger partial charge in [-0.15, -0.1) is 5.10 Å². The van der Waals surface area contributed by atoms with Gasteiger partial charge in [0.25, 0.3) is 0 Å². The number of aromatic hydroxyl groups is 1. The zero-order valence-electron chi connectivity index (χ0n) is 8.87. The van der Waals surface area contributed by atoms with Crippen molar-refractivity contribution in [2.75, 3.05) is 6.54 Å². The molecule has 5 heteroatoms. The molecule has 0 fully saturated rings. The maximum absolute atomic E-state index is 9.53. The van der Waals surface area contributed by atoms with Crippen molar-refractivity contribution < 1.29 is 5.11 Å². The van der Waals surface area contributed by atoms with Crippen molar-refractivity contribution in [3.05, 3.63) is 42.2 Å². The Hall–Kier alpha value is -1.88. The number of nitrogens with one attached hydrogen (secondary N) is 1. The fraction of sp³-hybridized carbons (Fsp3) is 0.273. The number of phenolic OH excluding ortho intramolecular Hbond substituents is 1. The van der Waals surface area contributed by atoms with Crippen LogP contribution in [0.2, 0.25) is 0 Å². The molecule has 1 aromatic heterocycles. The van der Waals surface area contributed by atoms with Crippen molar-refractivity contribution in [2.45, 2.75) is 13.1 Å². The molecule has 2 rings (SSSR count). The maximum Gasteiger partial charge on any atom is 0.120 e.